The van der Waals surface area contributed by atoms with Gasteiger partial charge in [-0.05, 0) is 57.8 Å². The van der Waals surface area contributed by atoms with E-state index in [9.17, 15) is 19.5 Å². The zero-order valence-corrected chi connectivity index (χ0v) is 64.6. The van der Waals surface area contributed by atoms with Gasteiger partial charge in [0.2, 0.25) is 0 Å². The van der Waals surface area contributed by atoms with Crippen molar-refractivity contribution >= 4 is 17.9 Å². The van der Waals surface area contributed by atoms with Crippen LogP contribution in [0.2, 0.25) is 0 Å². The Labute approximate surface area is 596 Å². The first-order valence-electron chi connectivity index (χ1n) is 42.0. The standard InChI is InChI=1S/C87H161NO8/c1-6-8-10-12-14-16-18-20-22-24-26-28-30-32-34-36-38-40-42-43-44-46-48-50-52-54-56-58-60-62-64-66-68-70-72-74-76-78-85(90)96-83(82-95-87(86(91)92)93-80-79-88(3,4)5)81-94-84(89)77-75-73-71-69-67-65-63-61-59-57-55-53-51-49-47-45-41-39-37-35-33-31-29-27-25-23-21-19-17-15-13-11-9-7-2/h8,10,14,16,20,22,26,28,32,34,83,87H,6-7,9,11-13,15,17-19,21,23-25,27,29-31,33,35-82H2,1-5H3/p+1/b10-8-,16-14-,22-20-,28-26-,34-32-. The number of unbranched alkanes of at least 4 members (excludes halogenated alkanes) is 54. The van der Waals surface area contributed by atoms with Crippen LogP contribution in [0.25, 0.3) is 0 Å². The first-order chi connectivity index (χ1) is 47.1. The number of hydrogen-bond donors (Lipinski definition) is 1. The highest BCUT2D eigenvalue weighted by molar-refractivity contribution is 5.71. The molecule has 562 valence electrons. The summed E-state index contributed by atoms with van der Waals surface area (Å²) < 4.78 is 23.1. The summed E-state index contributed by atoms with van der Waals surface area (Å²) in [4.78, 5) is 37.8. The van der Waals surface area contributed by atoms with Crippen molar-refractivity contribution in [3.05, 3.63) is 60.8 Å². The monoisotopic (exact) mass is 1350 g/mol. The molecule has 0 rings (SSSR count). The lowest BCUT2D eigenvalue weighted by Gasteiger charge is -2.25. The molecule has 2 unspecified atom stereocenters. The Hall–Kier alpha value is -3.01. The summed E-state index contributed by atoms with van der Waals surface area (Å²) in [6, 6.07) is 0. The number of carbonyl (C=O) groups is 3. The van der Waals surface area contributed by atoms with Gasteiger partial charge in [0.15, 0.2) is 6.10 Å². The maximum absolute atomic E-state index is 13.0. The van der Waals surface area contributed by atoms with E-state index in [1.807, 2.05) is 21.1 Å². The van der Waals surface area contributed by atoms with Crippen molar-refractivity contribution in [1.29, 1.82) is 0 Å². The average Bonchev–Trinajstić information content (AvgIpc) is 2.74. The number of rotatable bonds is 79. The molecule has 0 radical (unpaired) electrons. The fraction of sp³-hybridized carbons (Fsp3) is 0.851. The molecule has 0 aliphatic carbocycles. The van der Waals surface area contributed by atoms with Gasteiger partial charge in [0.25, 0.3) is 6.29 Å². The molecule has 1 N–H and O–H groups in total. The lowest BCUT2D eigenvalue weighted by molar-refractivity contribution is -0.870. The summed E-state index contributed by atoms with van der Waals surface area (Å²) in [5.41, 5.74) is 0. The lowest BCUT2D eigenvalue weighted by Crippen LogP contribution is -2.40. The van der Waals surface area contributed by atoms with Crippen molar-refractivity contribution in [2.75, 3.05) is 47.5 Å². The summed E-state index contributed by atoms with van der Waals surface area (Å²) in [6.45, 7) is 4.84. The lowest BCUT2D eigenvalue weighted by atomic mass is 10.0. The van der Waals surface area contributed by atoms with Crippen LogP contribution in [0.1, 0.15) is 418 Å². The molecule has 0 amide bonds. The van der Waals surface area contributed by atoms with Gasteiger partial charge in [-0.1, -0.05) is 408 Å². The molecule has 0 saturated carbocycles. The third-order valence-electron chi connectivity index (χ3n) is 19.0. The summed E-state index contributed by atoms with van der Waals surface area (Å²) in [7, 11) is 6.00. The van der Waals surface area contributed by atoms with Crippen molar-refractivity contribution in [2.45, 2.75) is 431 Å². The van der Waals surface area contributed by atoms with Crippen LogP contribution in [0.3, 0.4) is 0 Å². The number of esters is 2. The maximum Gasteiger partial charge on any atom is 0.361 e. The summed E-state index contributed by atoms with van der Waals surface area (Å²) in [6.07, 6.45) is 101. The molecule has 0 aliphatic heterocycles. The minimum atomic E-state index is -1.51. The molecule has 0 saturated heterocycles. The molecule has 0 aromatic carbocycles. The van der Waals surface area contributed by atoms with Crippen LogP contribution >= 0.6 is 0 Å². The highest BCUT2D eigenvalue weighted by Crippen LogP contribution is 2.20. The molecular formula is C87H162NO8+. The molecule has 0 aromatic rings. The van der Waals surface area contributed by atoms with Crippen molar-refractivity contribution in [1.82, 2.24) is 0 Å². The van der Waals surface area contributed by atoms with E-state index < -0.39 is 18.4 Å². The van der Waals surface area contributed by atoms with Crippen LogP contribution in [0, 0.1) is 0 Å². The second-order valence-electron chi connectivity index (χ2n) is 29.8. The minimum Gasteiger partial charge on any atom is -0.477 e. The summed E-state index contributed by atoms with van der Waals surface area (Å²) in [5, 5.41) is 9.78. The Morgan fingerprint density at radius 1 is 0.323 bits per heavy atom. The van der Waals surface area contributed by atoms with Crippen LogP contribution in [0.15, 0.2) is 60.8 Å². The van der Waals surface area contributed by atoms with E-state index >= 15 is 0 Å². The predicted octanol–water partition coefficient (Wildman–Crippen LogP) is 27.0. The minimum absolute atomic E-state index is 0.176. The number of likely N-dealkylation sites (N-methyl/N-ethyl adjacent to an activating group) is 1. The fourth-order valence-corrected chi connectivity index (χ4v) is 12.7. The number of carboxylic acid groups (broad SMARTS) is 1. The molecule has 9 heteroatoms. The van der Waals surface area contributed by atoms with E-state index in [0.29, 0.717) is 17.4 Å². The number of allylic oxidation sites excluding steroid dienone is 10. The number of nitrogens with zero attached hydrogens (tertiary/aromatic N) is 1. The average molecular weight is 1350 g/mol. The Morgan fingerprint density at radius 2 is 0.594 bits per heavy atom. The number of hydrogen-bond acceptors (Lipinski definition) is 7. The molecule has 0 aromatic heterocycles. The fourth-order valence-electron chi connectivity index (χ4n) is 12.7. The molecule has 2 atom stereocenters. The number of aliphatic carboxylic acids is 1. The van der Waals surface area contributed by atoms with Gasteiger partial charge < -0.3 is 28.5 Å². The molecule has 0 heterocycles. The first kappa shape index (κ1) is 93.0. The van der Waals surface area contributed by atoms with Crippen LogP contribution in [-0.2, 0) is 33.3 Å². The summed E-state index contributed by atoms with van der Waals surface area (Å²) >= 11 is 0. The van der Waals surface area contributed by atoms with Crippen LogP contribution in [-0.4, -0.2) is 87.4 Å². The Morgan fingerprint density at radius 3 is 0.885 bits per heavy atom. The Balaban J connectivity index is 3.95. The molecule has 0 bridgehead atoms. The molecule has 0 aliphatic rings. The van der Waals surface area contributed by atoms with E-state index in [2.05, 4.69) is 74.6 Å². The topological polar surface area (TPSA) is 108 Å². The smallest absolute Gasteiger partial charge is 0.361 e. The predicted molar refractivity (Wildman–Crippen MR) is 415 cm³/mol. The van der Waals surface area contributed by atoms with Gasteiger partial charge in [-0.15, -0.1) is 0 Å². The van der Waals surface area contributed by atoms with Gasteiger partial charge in [0.1, 0.15) is 13.2 Å². The number of ether oxygens (including phenoxy) is 4. The SMILES string of the molecule is CC/C=C\C/C=C\C/C=C\C/C=C\C/C=C\CCCCCCCCCCCCCCCCCCCCCCCC(=O)OC(COC(=O)CCCCCCCCCCCCCCCCCCCCCCCCCCCCCCCCCCCC)COC(OCC[N+](C)(C)C)C(=O)O. The van der Waals surface area contributed by atoms with E-state index in [1.165, 1.54) is 321 Å². The zero-order chi connectivity index (χ0) is 69.7. The zero-order valence-electron chi connectivity index (χ0n) is 64.6. The third kappa shape index (κ3) is 78.3. The van der Waals surface area contributed by atoms with Crippen LogP contribution in [0.5, 0.6) is 0 Å². The van der Waals surface area contributed by atoms with Crippen molar-refractivity contribution in [3.8, 4) is 0 Å². The van der Waals surface area contributed by atoms with Gasteiger partial charge in [-0.3, -0.25) is 9.59 Å². The largest absolute Gasteiger partial charge is 0.477 e. The van der Waals surface area contributed by atoms with Crippen molar-refractivity contribution in [3.63, 3.8) is 0 Å². The number of quaternary nitrogens is 1. The van der Waals surface area contributed by atoms with Crippen LogP contribution in [0.4, 0.5) is 0 Å². The number of carbonyl (C=O) groups excluding carboxylic acids is 2. The van der Waals surface area contributed by atoms with E-state index in [1.54, 1.807) is 0 Å². The van der Waals surface area contributed by atoms with Gasteiger partial charge in [0.05, 0.1) is 34.4 Å². The first-order valence-corrected chi connectivity index (χ1v) is 42.0. The Bertz CT molecular complexity index is 1760. The maximum atomic E-state index is 13.0. The van der Waals surface area contributed by atoms with Gasteiger partial charge in [-0.2, -0.15) is 0 Å². The van der Waals surface area contributed by atoms with Crippen molar-refractivity contribution in [2.24, 2.45) is 0 Å². The number of carboxylic acids is 1. The Kier molecular flexibility index (Phi) is 75.3. The highest BCUT2D eigenvalue weighted by Gasteiger charge is 2.25. The van der Waals surface area contributed by atoms with E-state index in [0.717, 1.165) is 70.6 Å². The third-order valence-corrected chi connectivity index (χ3v) is 19.0. The van der Waals surface area contributed by atoms with E-state index in [4.69, 9.17) is 18.9 Å². The summed E-state index contributed by atoms with van der Waals surface area (Å²) in [5.74, 6) is -1.97. The van der Waals surface area contributed by atoms with Gasteiger partial charge >= 0.3 is 17.9 Å². The molecular weight excluding hydrogens is 1190 g/mol. The van der Waals surface area contributed by atoms with Gasteiger partial charge in [-0.25, -0.2) is 4.79 Å². The van der Waals surface area contributed by atoms with Crippen molar-refractivity contribution < 1.29 is 42.9 Å². The normalized spacial score (nSPS) is 12.9. The van der Waals surface area contributed by atoms with E-state index in [-0.39, 0.29) is 38.2 Å². The molecule has 96 heavy (non-hydrogen) atoms. The molecule has 0 spiro atoms. The second-order valence-corrected chi connectivity index (χ2v) is 29.8. The highest BCUT2D eigenvalue weighted by atomic mass is 16.7. The molecule has 0 fully saturated rings. The van der Waals surface area contributed by atoms with Crippen LogP contribution < -0.4 is 0 Å². The van der Waals surface area contributed by atoms with Gasteiger partial charge in [0, 0.05) is 12.8 Å². The quantitative estimate of drug-likeness (QED) is 0.0211. The second kappa shape index (κ2) is 77.7. The molecule has 9 nitrogen and oxygen atoms in total.